The molecule has 1 N–H and O–H groups in total. The third kappa shape index (κ3) is 4.75. The Balaban J connectivity index is 2.31. The molecule has 0 saturated carbocycles. The molecule has 0 fully saturated rings. The van der Waals surface area contributed by atoms with Crippen LogP contribution >= 0.6 is 0 Å². The molecule has 0 spiro atoms. The summed E-state index contributed by atoms with van der Waals surface area (Å²) in [6, 6.07) is 8.23. The van der Waals surface area contributed by atoms with Crippen molar-refractivity contribution in [2.24, 2.45) is 0 Å². The highest BCUT2D eigenvalue weighted by Gasteiger charge is 2.05. The van der Waals surface area contributed by atoms with Crippen molar-refractivity contribution in [3.05, 3.63) is 29.8 Å². The molecule has 0 aliphatic rings. The van der Waals surface area contributed by atoms with E-state index < -0.39 is 0 Å². The van der Waals surface area contributed by atoms with Gasteiger partial charge in [-0.15, -0.1) is 0 Å². The van der Waals surface area contributed by atoms with Gasteiger partial charge < -0.3 is 14.8 Å². The SMILES string of the molecule is COC(=O)CCCN[C@H](C)c1ccc(OC)cc1. The van der Waals surface area contributed by atoms with Crippen LogP contribution in [-0.4, -0.2) is 26.7 Å². The van der Waals surface area contributed by atoms with Crippen molar-refractivity contribution < 1.29 is 14.3 Å². The standard InChI is InChI=1S/C14H21NO3/c1-11(15-10-4-5-14(16)18-3)12-6-8-13(17-2)9-7-12/h6-9,11,15H,4-5,10H2,1-3H3/t11-/m1/s1. The molecule has 0 saturated heterocycles. The van der Waals surface area contributed by atoms with Gasteiger partial charge in [-0.3, -0.25) is 4.79 Å². The van der Waals surface area contributed by atoms with E-state index in [-0.39, 0.29) is 12.0 Å². The van der Waals surface area contributed by atoms with Crippen LogP contribution in [0.5, 0.6) is 5.75 Å². The number of nitrogens with one attached hydrogen (secondary N) is 1. The van der Waals surface area contributed by atoms with E-state index in [1.54, 1.807) is 7.11 Å². The summed E-state index contributed by atoms with van der Waals surface area (Å²) in [7, 11) is 3.07. The first-order valence-electron chi connectivity index (χ1n) is 6.11. The van der Waals surface area contributed by atoms with Gasteiger partial charge in [0.05, 0.1) is 14.2 Å². The molecule has 0 aromatic heterocycles. The molecule has 0 aliphatic heterocycles. The first kappa shape index (κ1) is 14.5. The fourth-order valence-electron chi connectivity index (χ4n) is 1.66. The van der Waals surface area contributed by atoms with E-state index >= 15 is 0 Å². The average molecular weight is 251 g/mol. The van der Waals surface area contributed by atoms with Crippen molar-refractivity contribution >= 4 is 5.97 Å². The van der Waals surface area contributed by atoms with E-state index in [1.807, 2.05) is 24.3 Å². The molecule has 4 nitrogen and oxygen atoms in total. The van der Waals surface area contributed by atoms with E-state index in [0.29, 0.717) is 6.42 Å². The molecule has 1 aromatic carbocycles. The van der Waals surface area contributed by atoms with Gasteiger partial charge in [-0.1, -0.05) is 12.1 Å². The van der Waals surface area contributed by atoms with Crippen LogP contribution in [-0.2, 0) is 9.53 Å². The summed E-state index contributed by atoms with van der Waals surface area (Å²) in [5.74, 6) is 0.700. The van der Waals surface area contributed by atoms with Gasteiger partial charge in [0.15, 0.2) is 0 Å². The van der Waals surface area contributed by atoms with Gasteiger partial charge in [-0.25, -0.2) is 0 Å². The second kappa shape index (κ2) is 7.71. The normalized spacial score (nSPS) is 11.9. The molecule has 100 valence electrons. The predicted octanol–water partition coefficient (Wildman–Crippen LogP) is 2.30. The van der Waals surface area contributed by atoms with E-state index in [9.17, 15) is 4.79 Å². The number of hydrogen-bond acceptors (Lipinski definition) is 4. The summed E-state index contributed by atoms with van der Waals surface area (Å²) < 4.78 is 9.70. The zero-order valence-corrected chi connectivity index (χ0v) is 11.2. The van der Waals surface area contributed by atoms with Gasteiger partial charge in [-0.2, -0.15) is 0 Å². The van der Waals surface area contributed by atoms with Crippen LogP contribution < -0.4 is 10.1 Å². The molecule has 1 atom stereocenters. The lowest BCUT2D eigenvalue weighted by Crippen LogP contribution is -2.20. The van der Waals surface area contributed by atoms with Crippen LogP contribution in [0.4, 0.5) is 0 Å². The Morgan fingerprint density at radius 2 is 1.94 bits per heavy atom. The van der Waals surface area contributed by atoms with Crippen LogP contribution in [0.15, 0.2) is 24.3 Å². The first-order chi connectivity index (χ1) is 8.67. The van der Waals surface area contributed by atoms with Crippen LogP contribution in [0.2, 0.25) is 0 Å². The van der Waals surface area contributed by atoms with Crippen LogP contribution in [0.3, 0.4) is 0 Å². The van der Waals surface area contributed by atoms with Crippen LogP contribution in [0, 0.1) is 0 Å². The minimum absolute atomic E-state index is 0.158. The highest BCUT2D eigenvalue weighted by atomic mass is 16.5. The molecule has 0 heterocycles. The number of methoxy groups -OCH3 is 2. The quantitative estimate of drug-likeness (QED) is 0.596. The Hall–Kier alpha value is -1.55. The molecule has 0 unspecified atom stereocenters. The van der Waals surface area contributed by atoms with E-state index in [1.165, 1.54) is 12.7 Å². The van der Waals surface area contributed by atoms with Crippen molar-refractivity contribution in [3.8, 4) is 5.75 Å². The van der Waals surface area contributed by atoms with Crippen LogP contribution in [0.25, 0.3) is 0 Å². The Morgan fingerprint density at radius 3 is 2.50 bits per heavy atom. The Labute approximate surface area is 108 Å². The number of carbonyl (C=O) groups is 1. The van der Waals surface area contributed by atoms with Crippen molar-refractivity contribution in [2.45, 2.75) is 25.8 Å². The van der Waals surface area contributed by atoms with Gasteiger partial charge >= 0.3 is 5.97 Å². The zero-order valence-electron chi connectivity index (χ0n) is 11.2. The van der Waals surface area contributed by atoms with Gasteiger partial charge in [0.2, 0.25) is 0 Å². The third-order valence-electron chi connectivity index (χ3n) is 2.85. The maximum absolute atomic E-state index is 10.9. The fraction of sp³-hybridized carbons (Fsp3) is 0.500. The monoisotopic (exact) mass is 251 g/mol. The van der Waals surface area contributed by atoms with Crippen molar-refractivity contribution in [1.82, 2.24) is 5.32 Å². The Bertz CT molecular complexity index is 362. The number of ether oxygens (including phenoxy) is 2. The lowest BCUT2D eigenvalue weighted by Gasteiger charge is -2.14. The summed E-state index contributed by atoms with van der Waals surface area (Å²) in [4.78, 5) is 10.9. The van der Waals surface area contributed by atoms with E-state index in [4.69, 9.17) is 4.74 Å². The van der Waals surface area contributed by atoms with Crippen molar-refractivity contribution in [1.29, 1.82) is 0 Å². The molecule has 1 aromatic rings. The topological polar surface area (TPSA) is 47.6 Å². The number of esters is 1. The van der Waals surface area contributed by atoms with Gasteiger partial charge in [0.1, 0.15) is 5.75 Å². The molecule has 18 heavy (non-hydrogen) atoms. The molecule has 4 heteroatoms. The fourth-order valence-corrected chi connectivity index (χ4v) is 1.66. The zero-order chi connectivity index (χ0) is 13.4. The molecular weight excluding hydrogens is 230 g/mol. The predicted molar refractivity (Wildman–Crippen MR) is 70.7 cm³/mol. The highest BCUT2D eigenvalue weighted by Crippen LogP contribution is 2.17. The molecular formula is C14H21NO3. The van der Waals surface area contributed by atoms with E-state index in [0.717, 1.165) is 18.7 Å². The second-order valence-electron chi connectivity index (χ2n) is 4.13. The summed E-state index contributed by atoms with van der Waals surface area (Å²) in [5.41, 5.74) is 1.20. The summed E-state index contributed by atoms with van der Waals surface area (Å²) >= 11 is 0. The minimum atomic E-state index is -0.158. The lowest BCUT2D eigenvalue weighted by atomic mass is 10.1. The molecule has 1 rings (SSSR count). The average Bonchev–Trinajstić information content (AvgIpc) is 2.43. The lowest BCUT2D eigenvalue weighted by molar-refractivity contribution is -0.140. The third-order valence-corrected chi connectivity index (χ3v) is 2.85. The van der Waals surface area contributed by atoms with Crippen molar-refractivity contribution in [2.75, 3.05) is 20.8 Å². The van der Waals surface area contributed by atoms with E-state index in [2.05, 4.69) is 17.0 Å². The Morgan fingerprint density at radius 1 is 1.28 bits per heavy atom. The summed E-state index contributed by atoms with van der Waals surface area (Å²) in [5, 5.41) is 3.37. The van der Waals surface area contributed by atoms with Crippen molar-refractivity contribution in [3.63, 3.8) is 0 Å². The summed E-state index contributed by atoms with van der Waals surface area (Å²) in [6.45, 7) is 2.89. The number of hydrogen-bond donors (Lipinski definition) is 1. The van der Waals surface area contributed by atoms with Gasteiger partial charge in [0, 0.05) is 12.5 Å². The second-order valence-corrected chi connectivity index (χ2v) is 4.13. The summed E-state index contributed by atoms with van der Waals surface area (Å²) in [6.07, 6.45) is 1.24. The largest absolute Gasteiger partial charge is 0.497 e. The molecule has 0 aliphatic carbocycles. The Kier molecular flexibility index (Phi) is 6.22. The number of rotatable bonds is 7. The number of benzene rings is 1. The molecule has 0 bridgehead atoms. The van der Waals surface area contributed by atoms with Gasteiger partial charge in [0.25, 0.3) is 0 Å². The minimum Gasteiger partial charge on any atom is -0.497 e. The van der Waals surface area contributed by atoms with Crippen LogP contribution in [0.1, 0.15) is 31.4 Å². The highest BCUT2D eigenvalue weighted by molar-refractivity contribution is 5.69. The molecule has 0 radical (unpaired) electrons. The smallest absolute Gasteiger partial charge is 0.305 e. The molecule has 0 amide bonds. The maximum Gasteiger partial charge on any atom is 0.305 e. The van der Waals surface area contributed by atoms with Gasteiger partial charge in [-0.05, 0) is 37.6 Å². The first-order valence-corrected chi connectivity index (χ1v) is 6.11. The number of carbonyl (C=O) groups excluding carboxylic acids is 1. The maximum atomic E-state index is 10.9.